The molecule has 0 heterocycles. The first-order chi connectivity index (χ1) is 14.8. The largest absolute Gasteiger partial charge is 0.505 e. The van der Waals surface area contributed by atoms with Gasteiger partial charge in [-0.25, -0.2) is 8.78 Å². The number of aromatic hydroxyl groups is 2. The zero-order valence-corrected chi connectivity index (χ0v) is 16.5. The molecule has 2 aromatic carbocycles. The lowest BCUT2D eigenvalue weighted by Crippen LogP contribution is -2.71. The summed E-state index contributed by atoms with van der Waals surface area (Å²) in [5.41, 5.74) is -6.20. The van der Waals surface area contributed by atoms with Crippen LogP contribution in [0.15, 0.2) is 24.3 Å². The molecule has 0 amide bonds. The molecule has 3 saturated carbocycles. The molecule has 0 aromatic heterocycles. The van der Waals surface area contributed by atoms with Crippen LogP contribution in [0, 0.1) is 28.7 Å². The normalized spacial score (nSPS) is 28.1. The van der Waals surface area contributed by atoms with Gasteiger partial charge in [-0.15, -0.1) is 0 Å². The summed E-state index contributed by atoms with van der Waals surface area (Å²) in [6.07, 6.45) is -3.19. The maximum atomic E-state index is 15.3. The lowest BCUT2D eigenvalue weighted by atomic mass is 9.47. The number of alkyl halides is 4. The highest BCUT2D eigenvalue weighted by molar-refractivity contribution is 5.41. The lowest BCUT2D eigenvalue weighted by Gasteiger charge is -2.61. The summed E-state index contributed by atoms with van der Waals surface area (Å²) >= 11 is 0. The molecule has 0 atom stereocenters. The van der Waals surface area contributed by atoms with Gasteiger partial charge in [-0.3, -0.25) is 0 Å². The Morgan fingerprint density at radius 2 is 1.19 bits per heavy atom. The van der Waals surface area contributed by atoms with Crippen molar-refractivity contribution in [2.24, 2.45) is 5.41 Å². The third-order valence-electron chi connectivity index (χ3n) is 7.31. The van der Waals surface area contributed by atoms with Crippen LogP contribution in [-0.4, -0.2) is 22.1 Å². The van der Waals surface area contributed by atoms with Crippen molar-refractivity contribution in [1.29, 1.82) is 0 Å². The first-order valence-electron chi connectivity index (χ1n) is 9.90. The van der Waals surface area contributed by atoms with Crippen LogP contribution >= 0.6 is 0 Å². The maximum Gasteiger partial charge on any atom is 0.320 e. The van der Waals surface area contributed by atoms with Crippen molar-refractivity contribution in [3.05, 3.63) is 58.7 Å². The number of hydrogen-bond donors (Lipinski definition) is 2. The van der Waals surface area contributed by atoms with Crippen LogP contribution in [0.1, 0.15) is 43.2 Å². The van der Waals surface area contributed by atoms with Crippen LogP contribution in [-0.2, 0) is 11.8 Å². The highest BCUT2D eigenvalue weighted by atomic mass is 19.3. The summed E-state index contributed by atoms with van der Waals surface area (Å²) in [5, 5.41) is 18.5. The number of aryl methyl sites for hydroxylation is 1. The maximum absolute atomic E-state index is 15.3. The SMILES string of the molecule is Oc1ccc(CCC23CCC(c4ccc(O)c(F)c4F)(CC2)C(F)(F)C3(F)F)c(F)c1F. The van der Waals surface area contributed by atoms with Crippen molar-refractivity contribution in [3.8, 4) is 11.5 Å². The number of phenols is 2. The molecule has 5 rings (SSSR count). The zero-order chi connectivity index (χ0) is 23.7. The topological polar surface area (TPSA) is 40.5 Å². The average molecular weight is 466 g/mol. The van der Waals surface area contributed by atoms with E-state index in [1.807, 2.05) is 0 Å². The van der Waals surface area contributed by atoms with Gasteiger partial charge in [0.05, 0.1) is 5.41 Å². The molecule has 2 bridgehead atoms. The molecular formula is C22H18F8O2. The minimum atomic E-state index is -4.76. The second-order valence-electron chi connectivity index (χ2n) is 8.64. The van der Waals surface area contributed by atoms with Crippen molar-refractivity contribution in [2.45, 2.75) is 55.8 Å². The van der Waals surface area contributed by atoms with Gasteiger partial charge < -0.3 is 10.2 Å². The Morgan fingerprint density at radius 1 is 0.656 bits per heavy atom. The standard InChI is InChI=1S/C22H18F8O2/c23-15-11(1-3-13(31)17(15)25)5-6-19-7-9-20(10-8-19,22(29,30)21(19,27)28)12-2-4-14(32)18(26)16(12)24/h1-4,31-32H,5-10H2. The zero-order valence-electron chi connectivity index (χ0n) is 16.5. The molecule has 2 aromatic rings. The van der Waals surface area contributed by atoms with Gasteiger partial charge in [0.25, 0.3) is 0 Å². The summed E-state index contributed by atoms with van der Waals surface area (Å²) in [6, 6.07) is 3.18. The van der Waals surface area contributed by atoms with Gasteiger partial charge in [-0.1, -0.05) is 12.1 Å². The predicted octanol–water partition coefficient (Wildman–Crippen LogP) is 6.37. The first kappa shape index (κ1) is 22.7. The number of hydrogen-bond acceptors (Lipinski definition) is 2. The predicted molar refractivity (Wildman–Crippen MR) is 96.8 cm³/mol. The third kappa shape index (κ3) is 2.70. The van der Waals surface area contributed by atoms with Gasteiger partial charge in [0, 0.05) is 11.0 Å². The minimum Gasteiger partial charge on any atom is -0.505 e. The fourth-order valence-electron chi connectivity index (χ4n) is 5.32. The number of fused-ring (bicyclic) bond motifs is 3. The van der Waals surface area contributed by atoms with E-state index < -0.39 is 102 Å². The summed E-state index contributed by atoms with van der Waals surface area (Å²) in [7, 11) is 0. The van der Waals surface area contributed by atoms with Crippen molar-refractivity contribution < 1.29 is 45.3 Å². The molecule has 0 unspecified atom stereocenters. The minimum absolute atomic E-state index is 0.345. The Bertz CT molecular complexity index is 1070. The van der Waals surface area contributed by atoms with E-state index in [-0.39, 0.29) is 5.56 Å². The van der Waals surface area contributed by atoms with Crippen LogP contribution in [0.4, 0.5) is 35.1 Å². The molecule has 3 fully saturated rings. The quantitative estimate of drug-likeness (QED) is 0.514. The third-order valence-corrected chi connectivity index (χ3v) is 7.31. The molecule has 0 aliphatic heterocycles. The smallest absolute Gasteiger partial charge is 0.320 e. The Morgan fingerprint density at radius 3 is 1.78 bits per heavy atom. The van der Waals surface area contributed by atoms with E-state index in [0.29, 0.717) is 12.1 Å². The second-order valence-corrected chi connectivity index (χ2v) is 8.64. The molecule has 10 heteroatoms. The summed E-state index contributed by atoms with van der Waals surface area (Å²) < 4.78 is 117. The summed E-state index contributed by atoms with van der Waals surface area (Å²) in [5.74, 6) is -18.1. The highest BCUT2D eigenvalue weighted by Crippen LogP contribution is 2.72. The van der Waals surface area contributed by atoms with Crippen molar-refractivity contribution in [1.82, 2.24) is 0 Å². The summed E-state index contributed by atoms with van der Waals surface area (Å²) in [6.45, 7) is 0. The Hall–Kier alpha value is -2.52. The Balaban J connectivity index is 1.71. The first-order valence-corrected chi connectivity index (χ1v) is 9.90. The summed E-state index contributed by atoms with van der Waals surface area (Å²) in [4.78, 5) is 0. The number of benzene rings is 2. The molecular weight excluding hydrogens is 448 g/mol. The van der Waals surface area contributed by atoms with Gasteiger partial charge in [0.2, 0.25) is 11.6 Å². The van der Waals surface area contributed by atoms with Crippen LogP contribution in [0.3, 0.4) is 0 Å². The van der Waals surface area contributed by atoms with Crippen molar-refractivity contribution >= 4 is 0 Å². The van der Waals surface area contributed by atoms with Gasteiger partial charge in [0.15, 0.2) is 23.1 Å². The van der Waals surface area contributed by atoms with Gasteiger partial charge in [0.1, 0.15) is 0 Å². The Kier molecular flexibility index (Phi) is 4.95. The molecule has 0 radical (unpaired) electrons. The monoisotopic (exact) mass is 466 g/mol. The van der Waals surface area contributed by atoms with E-state index in [0.717, 1.165) is 12.1 Å². The van der Waals surface area contributed by atoms with Gasteiger partial charge in [-0.2, -0.15) is 26.3 Å². The lowest BCUT2D eigenvalue weighted by molar-refractivity contribution is -0.348. The Labute approximate surface area is 177 Å². The second kappa shape index (κ2) is 6.99. The highest BCUT2D eigenvalue weighted by Gasteiger charge is 2.81. The van der Waals surface area contributed by atoms with Crippen LogP contribution in [0.25, 0.3) is 0 Å². The van der Waals surface area contributed by atoms with E-state index in [9.17, 15) is 27.8 Å². The number of phenolic OH excluding ortho intramolecular Hbond substituents is 2. The molecule has 0 saturated heterocycles. The number of rotatable bonds is 4. The molecule has 174 valence electrons. The van der Waals surface area contributed by atoms with E-state index in [4.69, 9.17) is 0 Å². The fraction of sp³-hybridized carbons (Fsp3) is 0.455. The van der Waals surface area contributed by atoms with Gasteiger partial charge >= 0.3 is 11.8 Å². The van der Waals surface area contributed by atoms with Crippen LogP contribution in [0.5, 0.6) is 11.5 Å². The van der Waals surface area contributed by atoms with Crippen LogP contribution < -0.4 is 0 Å². The molecule has 2 nitrogen and oxygen atoms in total. The molecule has 2 N–H and O–H groups in total. The fourth-order valence-corrected chi connectivity index (χ4v) is 5.32. The molecule has 32 heavy (non-hydrogen) atoms. The molecule has 3 aliphatic rings. The number of halogens is 8. The molecule has 0 spiro atoms. The van der Waals surface area contributed by atoms with E-state index in [1.165, 1.54) is 0 Å². The van der Waals surface area contributed by atoms with E-state index in [2.05, 4.69) is 0 Å². The van der Waals surface area contributed by atoms with E-state index >= 15 is 17.6 Å². The van der Waals surface area contributed by atoms with Crippen molar-refractivity contribution in [2.75, 3.05) is 0 Å². The van der Waals surface area contributed by atoms with Crippen molar-refractivity contribution in [3.63, 3.8) is 0 Å². The van der Waals surface area contributed by atoms with Crippen LogP contribution in [0.2, 0.25) is 0 Å². The molecule has 3 aliphatic carbocycles. The van der Waals surface area contributed by atoms with Gasteiger partial charge in [-0.05, 0) is 56.2 Å². The average Bonchev–Trinajstić information content (AvgIpc) is 2.75. The van der Waals surface area contributed by atoms with E-state index in [1.54, 1.807) is 0 Å².